The maximum atomic E-state index is 13.0. The molecule has 0 bridgehead atoms. The molecule has 0 aromatic heterocycles. The molecule has 2 aromatic rings. The van der Waals surface area contributed by atoms with Gasteiger partial charge >= 0.3 is 0 Å². The van der Waals surface area contributed by atoms with Crippen molar-refractivity contribution in [2.45, 2.75) is 19.4 Å². The average Bonchev–Trinajstić information content (AvgIpc) is 2.69. The molecule has 1 amide bonds. The van der Waals surface area contributed by atoms with Crippen molar-refractivity contribution in [3.8, 4) is 5.75 Å². The first-order chi connectivity index (χ1) is 13.0. The van der Waals surface area contributed by atoms with Crippen molar-refractivity contribution < 1.29 is 13.9 Å². The number of amides is 1. The third kappa shape index (κ3) is 5.20. The molecule has 0 spiro atoms. The molecule has 1 saturated heterocycles. The van der Waals surface area contributed by atoms with Crippen LogP contribution < -0.4 is 15.0 Å². The summed E-state index contributed by atoms with van der Waals surface area (Å²) in [7, 11) is 2.13. The van der Waals surface area contributed by atoms with E-state index in [1.165, 1.54) is 24.3 Å². The molecule has 6 heteroatoms. The molecular weight excluding hydrogens is 345 g/mol. The molecule has 1 fully saturated rings. The Morgan fingerprint density at radius 2 is 1.70 bits per heavy atom. The Labute approximate surface area is 159 Å². The van der Waals surface area contributed by atoms with Gasteiger partial charge in [0.05, 0.1) is 0 Å². The normalized spacial score (nSPS) is 16.0. The number of ether oxygens (including phenoxy) is 1. The minimum Gasteiger partial charge on any atom is -0.481 e. The molecule has 2 aromatic carbocycles. The van der Waals surface area contributed by atoms with Gasteiger partial charge in [0, 0.05) is 37.6 Å². The summed E-state index contributed by atoms with van der Waals surface area (Å²) in [5, 5.41) is 2.90. The Hall–Kier alpha value is -2.60. The van der Waals surface area contributed by atoms with E-state index in [2.05, 4.69) is 22.2 Å². The number of rotatable bonds is 6. The minimum absolute atomic E-state index is 0.214. The lowest BCUT2D eigenvalue weighted by atomic mass is 10.2. The molecule has 0 aliphatic carbocycles. The van der Waals surface area contributed by atoms with E-state index in [-0.39, 0.29) is 11.7 Å². The van der Waals surface area contributed by atoms with Crippen molar-refractivity contribution in [3.05, 3.63) is 54.3 Å². The van der Waals surface area contributed by atoms with Crippen LogP contribution in [-0.4, -0.2) is 50.1 Å². The Morgan fingerprint density at radius 3 is 2.30 bits per heavy atom. The summed E-state index contributed by atoms with van der Waals surface area (Å²) < 4.78 is 18.7. The smallest absolute Gasteiger partial charge is 0.265 e. The molecule has 3 rings (SSSR count). The molecule has 1 aliphatic rings. The van der Waals surface area contributed by atoms with E-state index >= 15 is 0 Å². The summed E-state index contributed by atoms with van der Waals surface area (Å²) in [5.41, 5.74) is 1.90. The molecule has 5 nitrogen and oxygen atoms in total. The molecule has 1 heterocycles. The van der Waals surface area contributed by atoms with Crippen molar-refractivity contribution >= 4 is 17.3 Å². The Balaban J connectivity index is 1.58. The SMILES string of the molecule is CC[C@@H](Oc1ccc(F)cc1)C(=O)Nc1ccc(N2CCN(C)CC2)cc1. The number of anilines is 2. The Kier molecular flexibility index (Phi) is 6.29. The fourth-order valence-electron chi connectivity index (χ4n) is 3.04. The molecule has 1 atom stereocenters. The van der Waals surface area contributed by atoms with Crippen LogP contribution in [-0.2, 0) is 4.79 Å². The summed E-state index contributed by atoms with van der Waals surface area (Å²) in [6.45, 7) is 6.00. The predicted molar refractivity (Wildman–Crippen MR) is 106 cm³/mol. The van der Waals surface area contributed by atoms with Crippen LogP contribution in [0.1, 0.15) is 13.3 Å². The molecule has 1 N–H and O–H groups in total. The molecule has 0 radical (unpaired) electrons. The van der Waals surface area contributed by atoms with E-state index in [0.29, 0.717) is 12.2 Å². The average molecular weight is 371 g/mol. The van der Waals surface area contributed by atoms with Gasteiger partial charge in [-0.2, -0.15) is 0 Å². The van der Waals surface area contributed by atoms with Gasteiger partial charge < -0.3 is 19.9 Å². The Morgan fingerprint density at radius 1 is 1.07 bits per heavy atom. The van der Waals surface area contributed by atoms with Crippen LogP contribution in [0.2, 0.25) is 0 Å². The number of likely N-dealkylation sites (N-methyl/N-ethyl adjacent to an activating group) is 1. The molecule has 144 valence electrons. The van der Waals surface area contributed by atoms with Gasteiger partial charge in [-0.05, 0) is 62.0 Å². The fourth-order valence-corrected chi connectivity index (χ4v) is 3.04. The lowest BCUT2D eigenvalue weighted by molar-refractivity contribution is -0.122. The summed E-state index contributed by atoms with van der Waals surface area (Å²) in [6, 6.07) is 13.6. The number of carbonyl (C=O) groups is 1. The second-order valence-electron chi connectivity index (χ2n) is 6.80. The monoisotopic (exact) mass is 371 g/mol. The van der Waals surface area contributed by atoms with Gasteiger partial charge in [-0.15, -0.1) is 0 Å². The van der Waals surface area contributed by atoms with Crippen LogP contribution in [0.4, 0.5) is 15.8 Å². The van der Waals surface area contributed by atoms with Crippen molar-refractivity contribution in [1.82, 2.24) is 4.90 Å². The summed E-state index contributed by atoms with van der Waals surface area (Å²) in [5.74, 6) is -0.0710. The number of nitrogens with one attached hydrogen (secondary N) is 1. The highest BCUT2D eigenvalue weighted by Gasteiger charge is 2.19. The van der Waals surface area contributed by atoms with Crippen molar-refractivity contribution in [2.24, 2.45) is 0 Å². The molecule has 0 unspecified atom stereocenters. The number of benzene rings is 2. The number of hydrogen-bond acceptors (Lipinski definition) is 4. The van der Waals surface area contributed by atoms with Gasteiger partial charge in [-0.25, -0.2) is 4.39 Å². The van der Waals surface area contributed by atoms with E-state index in [1.807, 2.05) is 31.2 Å². The minimum atomic E-state index is -0.632. The third-order valence-electron chi connectivity index (χ3n) is 4.76. The van der Waals surface area contributed by atoms with Crippen LogP contribution >= 0.6 is 0 Å². The zero-order chi connectivity index (χ0) is 19.2. The summed E-state index contributed by atoms with van der Waals surface area (Å²) >= 11 is 0. The quantitative estimate of drug-likeness (QED) is 0.846. The first kappa shape index (κ1) is 19.2. The van der Waals surface area contributed by atoms with Gasteiger partial charge in [-0.1, -0.05) is 6.92 Å². The highest BCUT2D eigenvalue weighted by atomic mass is 19.1. The number of carbonyl (C=O) groups excluding carboxylic acids is 1. The van der Waals surface area contributed by atoms with Gasteiger partial charge in [0.25, 0.3) is 5.91 Å². The van der Waals surface area contributed by atoms with E-state index in [9.17, 15) is 9.18 Å². The number of halogens is 1. The molecule has 27 heavy (non-hydrogen) atoms. The van der Waals surface area contributed by atoms with Gasteiger partial charge in [0.15, 0.2) is 6.10 Å². The zero-order valence-electron chi connectivity index (χ0n) is 15.8. The van der Waals surface area contributed by atoms with E-state index in [1.54, 1.807) is 0 Å². The summed E-state index contributed by atoms with van der Waals surface area (Å²) in [6.07, 6.45) is -0.115. The van der Waals surface area contributed by atoms with E-state index < -0.39 is 6.10 Å². The van der Waals surface area contributed by atoms with Crippen LogP contribution in [0.15, 0.2) is 48.5 Å². The van der Waals surface area contributed by atoms with Gasteiger partial charge in [0.2, 0.25) is 0 Å². The lowest BCUT2D eigenvalue weighted by Gasteiger charge is -2.34. The largest absolute Gasteiger partial charge is 0.481 e. The summed E-state index contributed by atoms with van der Waals surface area (Å²) in [4.78, 5) is 17.2. The molecular formula is C21H26FN3O2. The number of nitrogens with zero attached hydrogens (tertiary/aromatic N) is 2. The first-order valence-corrected chi connectivity index (χ1v) is 9.32. The van der Waals surface area contributed by atoms with E-state index in [0.717, 1.165) is 37.6 Å². The topological polar surface area (TPSA) is 44.8 Å². The van der Waals surface area contributed by atoms with Crippen molar-refractivity contribution in [1.29, 1.82) is 0 Å². The lowest BCUT2D eigenvalue weighted by Crippen LogP contribution is -2.44. The standard InChI is InChI=1S/C21H26FN3O2/c1-3-20(27-19-10-4-16(22)5-11-19)21(26)23-17-6-8-18(9-7-17)25-14-12-24(2)13-15-25/h4-11,20H,3,12-15H2,1-2H3,(H,23,26)/t20-/m1/s1. The van der Waals surface area contributed by atoms with Crippen molar-refractivity contribution in [2.75, 3.05) is 43.4 Å². The van der Waals surface area contributed by atoms with E-state index in [4.69, 9.17) is 4.74 Å². The Bertz CT molecular complexity index is 741. The highest BCUT2D eigenvalue weighted by Crippen LogP contribution is 2.20. The van der Waals surface area contributed by atoms with Crippen molar-refractivity contribution in [3.63, 3.8) is 0 Å². The second kappa shape index (κ2) is 8.86. The fraction of sp³-hybridized carbons (Fsp3) is 0.381. The van der Waals surface area contributed by atoms with Gasteiger partial charge in [-0.3, -0.25) is 4.79 Å². The maximum absolute atomic E-state index is 13.0. The third-order valence-corrected chi connectivity index (χ3v) is 4.76. The van der Waals surface area contributed by atoms with Crippen LogP contribution in [0, 0.1) is 5.82 Å². The van der Waals surface area contributed by atoms with Crippen LogP contribution in [0.25, 0.3) is 0 Å². The molecule has 1 aliphatic heterocycles. The second-order valence-corrected chi connectivity index (χ2v) is 6.80. The highest BCUT2D eigenvalue weighted by molar-refractivity contribution is 5.94. The first-order valence-electron chi connectivity index (χ1n) is 9.32. The number of piperazine rings is 1. The molecule has 0 saturated carbocycles. The van der Waals surface area contributed by atoms with Gasteiger partial charge in [0.1, 0.15) is 11.6 Å². The predicted octanol–water partition coefficient (Wildman–Crippen LogP) is 3.37. The van der Waals surface area contributed by atoms with Crippen LogP contribution in [0.5, 0.6) is 5.75 Å². The van der Waals surface area contributed by atoms with Crippen LogP contribution in [0.3, 0.4) is 0 Å². The zero-order valence-corrected chi connectivity index (χ0v) is 15.8. The maximum Gasteiger partial charge on any atom is 0.265 e. The number of hydrogen-bond donors (Lipinski definition) is 1.